The number of amides is 1. The Morgan fingerprint density at radius 3 is 2.46 bits per heavy atom. The van der Waals surface area contributed by atoms with Gasteiger partial charge < -0.3 is 9.64 Å². The molecule has 1 aliphatic heterocycles. The summed E-state index contributed by atoms with van der Waals surface area (Å²) in [6.45, 7) is 8.41. The summed E-state index contributed by atoms with van der Waals surface area (Å²) in [5.41, 5.74) is 2.28. The molecular weight excluding hydrogens is 329 g/mol. The zero-order valence-electron chi connectivity index (χ0n) is 15.2. The van der Waals surface area contributed by atoms with Gasteiger partial charge >= 0.3 is 6.09 Å². The maximum atomic E-state index is 13.3. The van der Waals surface area contributed by atoms with Crippen molar-refractivity contribution in [1.82, 2.24) is 4.90 Å². The van der Waals surface area contributed by atoms with E-state index >= 15 is 0 Å². The molecule has 0 spiro atoms. The summed E-state index contributed by atoms with van der Waals surface area (Å²) in [4.78, 5) is 14.5. The normalized spacial score (nSPS) is 21.2. The zero-order valence-corrected chi connectivity index (χ0v) is 15.2. The van der Waals surface area contributed by atoms with Gasteiger partial charge in [0.15, 0.2) is 0 Å². The Morgan fingerprint density at radius 1 is 1.23 bits per heavy atom. The second-order valence-electron chi connectivity index (χ2n) is 6.89. The van der Waals surface area contributed by atoms with E-state index in [4.69, 9.17) is 4.74 Å². The quantitative estimate of drug-likeness (QED) is 0.663. The first-order chi connectivity index (χ1) is 12.4. The Morgan fingerprint density at radius 2 is 1.88 bits per heavy atom. The van der Waals surface area contributed by atoms with Gasteiger partial charge in [-0.25, -0.2) is 9.18 Å². The first-order valence-corrected chi connectivity index (χ1v) is 8.88. The Kier molecular flexibility index (Phi) is 5.12. The van der Waals surface area contributed by atoms with Gasteiger partial charge in [0, 0.05) is 19.4 Å². The molecule has 0 bridgehead atoms. The smallest absolute Gasteiger partial charge is 0.411 e. The van der Waals surface area contributed by atoms with E-state index in [-0.39, 0.29) is 18.0 Å². The van der Waals surface area contributed by atoms with E-state index in [1.54, 1.807) is 23.1 Å². The molecule has 2 atom stereocenters. The molecule has 4 heteroatoms. The topological polar surface area (TPSA) is 29.5 Å². The van der Waals surface area contributed by atoms with Crippen molar-refractivity contribution in [3.63, 3.8) is 0 Å². The van der Waals surface area contributed by atoms with E-state index in [0.29, 0.717) is 19.4 Å². The first-order valence-electron chi connectivity index (χ1n) is 8.88. The monoisotopic (exact) mass is 353 g/mol. The van der Waals surface area contributed by atoms with Crippen LogP contribution in [0.5, 0.6) is 0 Å². The van der Waals surface area contributed by atoms with E-state index < -0.39 is 5.60 Å². The fourth-order valence-electron chi connectivity index (χ4n) is 3.50. The van der Waals surface area contributed by atoms with E-state index in [9.17, 15) is 9.18 Å². The van der Waals surface area contributed by atoms with Crippen molar-refractivity contribution in [2.45, 2.75) is 38.3 Å². The minimum absolute atomic E-state index is 0.0713. The molecule has 3 rings (SSSR count). The molecule has 26 heavy (non-hydrogen) atoms. The highest BCUT2D eigenvalue weighted by molar-refractivity contribution is 5.70. The molecule has 0 aliphatic carbocycles. The van der Waals surface area contributed by atoms with Crippen molar-refractivity contribution in [2.75, 3.05) is 6.54 Å². The number of cyclic esters (lactones) is 1. The molecule has 3 nitrogen and oxygen atoms in total. The molecule has 1 aliphatic rings. The first kappa shape index (κ1) is 18.2. The van der Waals surface area contributed by atoms with Crippen LogP contribution in [0.1, 0.15) is 42.5 Å². The number of nitrogens with zero attached hydrogens (tertiary/aromatic N) is 1. The molecule has 1 amide bonds. The third-order valence-electron chi connectivity index (χ3n) is 5.15. The molecule has 2 unspecified atom stereocenters. The zero-order chi connectivity index (χ0) is 18.7. The lowest BCUT2D eigenvalue weighted by atomic mass is 9.85. The highest BCUT2D eigenvalue weighted by Gasteiger charge is 2.42. The van der Waals surface area contributed by atoms with E-state index in [1.165, 1.54) is 17.7 Å². The van der Waals surface area contributed by atoms with Crippen LogP contribution >= 0.6 is 0 Å². The number of hydrogen-bond acceptors (Lipinski definition) is 2. The molecule has 2 aromatic carbocycles. The Labute approximate surface area is 154 Å². The lowest BCUT2D eigenvalue weighted by Crippen LogP contribution is -2.48. The van der Waals surface area contributed by atoms with Crippen LogP contribution in [0.4, 0.5) is 9.18 Å². The van der Waals surface area contributed by atoms with E-state index in [0.717, 1.165) is 11.1 Å². The lowest BCUT2D eigenvalue weighted by Gasteiger charge is -2.43. The molecule has 2 aromatic rings. The summed E-state index contributed by atoms with van der Waals surface area (Å²) in [6, 6.07) is 14.3. The molecule has 1 fully saturated rings. The minimum atomic E-state index is -0.782. The van der Waals surface area contributed by atoms with Gasteiger partial charge in [-0.3, -0.25) is 0 Å². The fourth-order valence-corrected chi connectivity index (χ4v) is 3.50. The van der Waals surface area contributed by atoms with Crippen LogP contribution in [-0.4, -0.2) is 17.5 Å². The van der Waals surface area contributed by atoms with Crippen LogP contribution in [0.3, 0.4) is 0 Å². The number of hydrogen-bond donors (Lipinski definition) is 0. The van der Waals surface area contributed by atoms with Gasteiger partial charge in [0.05, 0.1) is 6.04 Å². The summed E-state index contributed by atoms with van der Waals surface area (Å²) < 4.78 is 19.2. The molecule has 0 radical (unpaired) electrons. The molecule has 0 aromatic heterocycles. The average Bonchev–Trinajstić information content (AvgIpc) is 2.63. The fraction of sp³-hybridized carbons (Fsp3) is 0.318. The van der Waals surface area contributed by atoms with Crippen molar-refractivity contribution in [1.29, 1.82) is 0 Å². The highest BCUT2D eigenvalue weighted by Crippen LogP contribution is 2.39. The second kappa shape index (κ2) is 7.32. The average molecular weight is 353 g/mol. The number of rotatable bonds is 5. The summed E-state index contributed by atoms with van der Waals surface area (Å²) in [7, 11) is 0. The number of carbonyl (C=O) groups excluding carboxylic acids is 1. The molecule has 1 heterocycles. The van der Waals surface area contributed by atoms with E-state index in [2.05, 4.69) is 6.58 Å². The molecule has 1 saturated heterocycles. The van der Waals surface area contributed by atoms with Crippen LogP contribution in [-0.2, 0) is 10.3 Å². The van der Waals surface area contributed by atoms with Gasteiger partial charge in [-0.05, 0) is 37.1 Å². The summed E-state index contributed by atoms with van der Waals surface area (Å²) in [5.74, 6) is -0.306. The van der Waals surface area contributed by atoms with Gasteiger partial charge in [0.2, 0.25) is 0 Å². The summed E-state index contributed by atoms with van der Waals surface area (Å²) in [6.07, 6.45) is 2.52. The van der Waals surface area contributed by atoms with Crippen molar-refractivity contribution in [2.24, 2.45) is 0 Å². The number of halogens is 1. The Balaban J connectivity index is 1.83. The van der Waals surface area contributed by atoms with Gasteiger partial charge in [-0.1, -0.05) is 48.0 Å². The lowest BCUT2D eigenvalue weighted by molar-refractivity contribution is -0.0588. The van der Waals surface area contributed by atoms with Gasteiger partial charge in [-0.2, -0.15) is 0 Å². The molecule has 136 valence electrons. The third-order valence-corrected chi connectivity index (χ3v) is 5.15. The number of ether oxygens (including phenoxy) is 1. The maximum absolute atomic E-state index is 13.3. The van der Waals surface area contributed by atoms with Crippen molar-refractivity contribution in [3.8, 4) is 0 Å². The third kappa shape index (κ3) is 3.50. The van der Waals surface area contributed by atoms with Gasteiger partial charge in [-0.15, -0.1) is 6.58 Å². The van der Waals surface area contributed by atoms with Crippen molar-refractivity contribution in [3.05, 3.63) is 83.7 Å². The van der Waals surface area contributed by atoms with Gasteiger partial charge in [0.1, 0.15) is 11.4 Å². The Bertz CT molecular complexity index is 785. The highest BCUT2D eigenvalue weighted by atomic mass is 19.1. The second-order valence-corrected chi connectivity index (χ2v) is 6.89. The van der Waals surface area contributed by atoms with Crippen molar-refractivity contribution < 1.29 is 13.9 Å². The number of aryl methyl sites for hydroxylation is 1. The predicted molar refractivity (Wildman–Crippen MR) is 100 cm³/mol. The molecule has 0 saturated carbocycles. The molecule has 0 N–H and O–H groups in total. The largest absolute Gasteiger partial charge is 0.437 e. The van der Waals surface area contributed by atoms with Crippen LogP contribution in [0.2, 0.25) is 0 Å². The maximum Gasteiger partial charge on any atom is 0.411 e. The standard InChI is InChI=1S/C22H24FNO2/c1-4-13-22(19-9-11-20(23)12-10-19)14-15-24(21(25)26-22)17(3)18-7-5-16(2)6-8-18/h4-12,17H,1,13-15H2,2-3H3. The predicted octanol–water partition coefficient (Wildman–Crippen LogP) is 5.51. The van der Waals surface area contributed by atoms with Gasteiger partial charge in [0.25, 0.3) is 0 Å². The Hall–Kier alpha value is -2.62. The number of carbonyl (C=O) groups is 1. The van der Waals surface area contributed by atoms with E-state index in [1.807, 2.05) is 38.1 Å². The molecular formula is C22H24FNO2. The van der Waals surface area contributed by atoms with Crippen LogP contribution < -0.4 is 0 Å². The van der Waals surface area contributed by atoms with Crippen LogP contribution in [0.15, 0.2) is 61.2 Å². The summed E-state index contributed by atoms with van der Waals surface area (Å²) in [5, 5.41) is 0. The SMILES string of the molecule is C=CCC1(c2ccc(F)cc2)CCN(C(C)c2ccc(C)cc2)C(=O)O1. The van der Waals surface area contributed by atoms with Crippen LogP contribution in [0.25, 0.3) is 0 Å². The minimum Gasteiger partial charge on any atom is -0.437 e. The van der Waals surface area contributed by atoms with Crippen LogP contribution in [0, 0.1) is 12.7 Å². The summed E-state index contributed by atoms with van der Waals surface area (Å²) >= 11 is 0. The van der Waals surface area contributed by atoms with Crippen molar-refractivity contribution >= 4 is 6.09 Å². The number of benzene rings is 2.